The number of nitrogen functional groups attached to an aromatic ring is 1. The molecule has 120 valence electrons. The number of anilines is 1. The van der Waals surface area contributed by atoms with Gasteiger partial charge in [-0.15, -0.1) is 5.10 Å². The van der Waals surface area contributed by atoms with Gasteiger partial charge in [-0.2, -0.15) is 0 Å². The van der Waals surface area contributed by atoms with E-state index in [2.05, 4.69) is 57.6 Å². The average molecular weight is 310 g/mol. The number of aromatic nitrogens is 5. The molecule has 0 aliphatic heterocycles. The molecule has 6 heteroatoms. The maximum Gasteiger partial charge on any atom is 0.197 e. The molecule has 1 unspecified atom stereocenters. The first-order valence-electron chi connectivity index (χ1n) is 7.91. The van der Waals surface area contributed by atoms with Gasteiger partial charge in [0, 0.05) is 18.4 Å². The maximum absolute atomic E-state index is 5.57. The quantitative estimate of drug-likeness (QED) is 0.858. The highest BCUT2D eigenvalue weighted by Crippen LogP contribution is 2.14. The van der Waals surface area contributed by atoms with Crippen LogP contribution in [0.5, 0.6) is 0 Å². The van der Waals surface area contributed by atoms with Gasteiger partial charge in [-0.05, 0) is 30.8 Å². The van der Waals surface area contributed by atoms with Crippen LogP contribution in [0.3, 0.4) is 0 Å². The Bertz CT molecular complexity index is 734. The Morgan fingerprint density at radius 2 is 2.30 bits per heavy atom. The lowest BCUT2D eigenvalue weighted by atomic mass is 10.0. The Balaban J connectivity index is 1.52. The lowest BCUT2D eigenvalue weighted by Gasteiger charge is -2.09. The number of rotatable bonds is 6. The number of allylic oxidation sites excluding steroid dienone is 6. The Labute approximate surface area is 135 Å². The molecule has 0 bridgehead atoms. The average Bonchev–Trinajstić information content (AvgIpc) is 3.15. The molecule has 1 atom stereocenters. The van der Waals surface area contributed by atoms with Gasteiger partial charge in [0.25, 0.3) is 0 Å². The summed E-state index contributed by atoms with van der Waals surface area (Å²) in [6.07, 6.45) is 17.3. The van der Waals surface area contributed by atoms with E-state index in [0.29, 0.717) is 11.9 Å². The normalized spacial score (nSPS) is 17.0. The van der Waals surface area contributed by atoms with Crippen LogP contribution in [-0.2, 0) is 19.4 Å². The van der Waals surface area contributed by atoms with Crippen LogP contribution >= 0.6 is 0 Å². The molecule has 1 aliphatic carbocycles. The summed E-state index contributed by atoms with van der Waals surface area (Å²) >= 11 is 0. The number of nitrogens with two attached hydrogens (primary N) is 1. The van der Waals surface area contributed by atoms with Crippen LogP contribution in [0.25, 0.3) is 0 Å². The monoisotopic (exact) mass is 310 g/mol. The lowest BCUT2D eigenvalue weighted by Crippen LogP contribution is -2.07. The molecule has 0 saturated heterocycles. The zero-order valence-electron chi connectivity index (χ0n) is 13.3. The highest BCUT2D eigenvalue weighted by Gasteiger charge is 2.06. The summed E-state index contributed by atoms with van der Waals surface area (Å²) in [6, 6.07) is 0. The topological polar surface area (TPSA) is 85.4 Å². The number of aryl methyl sites for hydroxylation is 2. The van der Waals surface area contributed by atoms with Gasteiger partial charge >= 0.3 is 0 Å². The maximum atomic E-state index is 5.57. The van der Waals surface area contributed by atoms with Crippen LogP contribution < -0.4 is 5.73 Å². The molecule has 2 aromatic rings. The third kappa shape index (κ3) is 4.42. The molecule has 3 N–H and O–H groups in total. The zero-order valence-corrected chi connectivity index (χ0v) is 13.3. The summed E-state index contributed by atoms with van der Waals surface area (Å²) in [4.78, 5) is 7.02. The van der Waals surface area contributed by atoms with E-state index in [1.165, 1.54) is 5.57 Å². The van der Waals surface area contributed by atoms with E-state index in [9.17, 15) is 0 Å². The summed E-state index contributed by atoms with van der Waals surface area (Å²) in [6.45, 7) is 3.04. The summed E-state index contributed by atoms with van der Waals surface area (Å²) in [7, 11) is 0. The summed E-state index contributed by atoms with van der Waals surface area (Å²) < 4.78 is 1.92. The highest BCUT2D eigenvalue weighted by molar-refractivity contribution is 5.29. The fraction of sp³-hybridized carbons (Fsp3) is 0.353. The predicted octanol–water partition coefficient (Wildman–Crippen LogP) is 2.45. The molecule has 6 nitrogen and oxygen atoms in total. The van der Waals surface area contributed by atoms with Crippen molar-refractivity contribution < 1.29 is 0 Å². The van der Waals surface area contributed by atoms with Crippen LogP contribution in [0.4, 0.5) is 5.95 Å². The molecule has 0 amide bonds. The van der Waals surface area contributed by atoms with Crippen LogP contribution in [0, 0.1) is 5.92 Å². The number of aromatic amines is 1. The van der Waals surface area contributed by atoms with E-state index in [1.807, 2.05) is 10.9 Å². The first-order chi connectivity index (χ1) is 11.2. The van der Waals surface area contributed by atoms with Gasteiger partial charge in [-0.3, -0.25) is 4.68 Å². The van der Waals surface area contributed by atoms with Crippen molar-refractivity contribution in [2.24, 2.45) is 5.92 Å². The number of nitrogens with one attached hydrogen (secondary N) is 1. The molecule has 0 spiro atoms. The minimum absolute atomic E-state index is 0.420. The van der Waals surface area contributed by atoms with Crippen LogP contribution in [-0.4, -0.2) is 25.0 Å². The van der Waals surface area contributed by atoms with Gasteiger partial charge in [-0.1, -0.05) is 42.5 Å². The van der Waals surface area contributed by atoms with Gasteiger partial charge in [0.2, 0.25) is 0 Å². The molecule has 2 aromatic heterocycles. The van der Waals surface area contributed by atoms with Crippen molar-refractivity contribution in [2.75, 3.05) is 5.73 Å². The van der Waals surface area contributed by atoms with Crippen LogP contribution in [0.1, 0.15) is 24.7 Å². The van der Waals surface area contributed by atoms with Crippen molar-refractivity contribution >= 4 is 5.95 Å². The van der Waals surface area contributed by atoms with Crippen molar-refractivity contribution in [3.05, 3.63) is 59.7 Å². The van der Waals surface area contributed by atoms with Gasteiger partial charge < -0.3 is 10.7 Å². The molecule has 0 fully saturated rings. The van der Waals surface area contributed by atoms with Gasteiger partial charge in [0.1, 0.15) is 0 Å². The van der Waals surface area contributed by atoms with Crippen molar-refractivity contribution in [3.8, 4) is 0 Å². The Morgan fingerprint density at radius 1 is 1.39 bits per heavy atom. The van der Waals surface area contributed by atoms with E-state index in [4.69, 9.17) is 5.73 Å². The lowest BCUT2D eigenvalue weighted by molar-refractivity contribution is 0.504. The summed E-state index contributed by atoms with van der Waals surface area (Å²) in [5.74, 6) is 0.875. The highest BCUT2D eigenvalue weighted by atomic mass is 15.4. The van der Waals surface area contributed by atoms with E-state index < -0.39 is 0 Å². The Kier molecular flexibility index (Phi) is 4.71. The number of hydrogen-bond donors (Lipinski definition) is 2. The fourth-order valence-corrected chi connectivity index (χ4v) is 2.68. The third-order valence-electron chi connectivity index (χ3n) is 3.77. The first-order valence-corrected chi connectivity index (χ1v) is 7.91. The second kappa shape index (κ2) is 7.09. The molecule has 0 aromatic carbocycles. The standard InChI is InChI=1S/C17H22N6/c1-13(9-14-5-3-2-4-6-14)11-23-12-16(21-22-23)8-7-15-10-19-17(18)20-15/h2-5,9-10,12-13H,6-8,11H2,1H3,(H3,18,19,20). The molecule has 1 aliphatic rings. The molecular weight excluding hydrogens is 288 g/mol. The molecule has 23 heavy (non-hydrogen) atoms. The van der Waals surface area contributed by atoms with E-state index in [-0.39, 0.29) is 0 Å². The zero-order chi connectivity index (χ0) is 16.1. The second-order valence-corrected chi connectivity index (χ2v) is 5.94. The molecule has 0 radical (unpaired) electrons. The fourth-order valence-electron chi connectivity index (χ4n) is 2.68. The summed E-state index contributed by atoms with van der Waals surface area (Å²) in [5, 5.41) is 8.46. The Hall–Kier alpha value is -2.63. The molecular formula is C17H22N6. The van der Waals surface area contributed by atoms with E-state index >= 15 is 0 Å². The van der Waals surface area contributed by atoms with Crippen molar-refractivity contribution in [1.29, 1.82) is 0 Å². The minimum Gasteiger partial charge on any atom is -0.369 e. The Morgan fingerprint density at radius 3 is 3.04 bits per heavy atom. The number of imidazole rings is 1. The van der Waals surface area contributed by atoms with E-state index in [1.54, 1.807) is 6.20 Å². The predicted molar refractivity (Wildman–Crippen MR) is 90.6 cm³/mol. The van der Waals surface area contributed by atoms with Crippen molar-refractivity contribution in [2.45, 2.75) is 32.7 Å². The third-order valence-corrected chi connectivity index (χ3v) is 3.77. The van der Waals surface area contributed by atoms with Gasteiger partial charge in [-0.25, -0.2) is 4.98 Å². The van der Waals surface area contributed by atoms with Crippen LogP contribution in [0.15, 0.2) is 48.3 Å². The van der Waals surface area contributed by atoms with Crippen molar-refractivity contribution in [1.82, 2.24) is 25.0 Å². The molecule has 3 rings (SSSR count). The molecule has 2 heterocycles. The SMILES string of the molecule is CC(C=C1C=CC=CC1)Cn1cc(CCc2cnc(N)[nH]2)nn1. The molecule has 0 saturated carbocycles. The van der Waals surface area contributed by atoms with Crippen LogP contribution in [0.2, 0.25) is 0 Å². The number of nitrogens with zero attached hydrogens (tertiary/aromatic N) is 4. The second-order valence-electron chi connectivity index (χ2n) is 5.94. The first kappa shape index (κ1) is 15.3. The minimum atomic E-state index is 0.420. The van der Waals surface area contributed by atoms with Gasteiger partial charge in [0.15, 0.2) is 5.95 Å². The van der Waals surface area contributed by atoms with Crippen molar-refractivity contribution in [3.63, 3.8) is 0 Å². The number of H-pyrrole nitrogens is 1. The summed E-state index contributed by atoms with van der Waals surface area (Å²) in [5.41, 5.74) is 8.93. The smallest absolute Gasteiger partial charge is 0.197 e. The number of hydrogen-bond acceptors (Lipinski definition) is 4. The largest absolute Gasteiger partial charge is 0.369 e. The van der Waals surface area contributed by atoms with E-state index in [0.717, 1.165) is 37.2 Å². The van der Waals surface area contributed by atoms with Gasteiger partial charge in [0.05, 0.1) is 11.9 Å².